The Morgan fingerprint density at radius 2 is 0.704 bits per heavy atom. The molecule has 5 heterocycles. The molecule has 10 rings (SSSR count). The lowest BCUT2D eigenvalue weighted by Crippen LogP contribution is -2.04. The van der Waals surface area contributed by atoms with E-state index in [2.05, 4.69) is 43.4 Å². The zero-order valence-corrected chi connectivity index (χ0v) is 28.8. The molecule has 0 saturated heterocycles. The molecule has 0 aliphatic rings. The minimum Gasteiger partial charge on any atom is -0.292 e. The van der Waals surface area contributed by atoms with Crippen LogP contribution in [0.5, 0.6) is 0 Å². The van der Waals surface area contributed by atoms with E-state index in [4.69, 9.17) is 24.9 Å². The molecule has 0 unspecified atom stereocenters. The summed E-state index contributed by atoms with van der Waals surface area (Å²) in [6.45, 7) is 0. The van der Waals surface area contributed by atoms with Crippen LogP contribution in [-0.4, -0.2) is 44.0 Å². The second-order valence-corrected chi connectivity index (χ2v) is 12.7. The maximum absolute atomic E-state index is 5.27. The SMILES string of the molecule is c1ccc(-c2nc(-c3ccccc3-c3nc4ccccc4n3-c3ccncc3)nc(-c3ccccc3-c3nc4ccccc4n3-c3ccncc3)n2)cc1. The number of pyridine rings is 2. The third kappa shape index (κ3) is 5.39. The fourth-order valence-corrected chi connectivity index (χ4v) is 7.00. The molecule has 0 fully saturated rings. The zero-order chi connectivity index (χ0) is 35.8. The lowest BCUT2D eigenvalue weighted by atomic mass is 10.0. The van der Waals surface area contributed by atoms with Crippen LogP contribution in [0.15, 0.2) is 176 Å². The van der Waals surface area contributed by atoms with Crippen LogP contribution in [0.25, 0.3) is 90.4 Å². The molecule has 54 heavy (non-hydrogen) atoms. The lowest BCUT2D eigenvalue weighted by Gasteiger charge is -2.15. The van der Waals surface area contributed by atoms with Gasteiger partial charge in [0.25, 0.3) is 0 Å². The number of benzene rings is 5. The molecule has 0 radical (unpaired) electrons. The van der Waals surface area contributed by atoms with E-state index in [1.807, 2.05) is 127 Å². The van der Waals surface area contributed by atoms with E-state index < -0.39 is 0 Å². The molecule has 0 saturated carbocycles. The van der Waals surface area contributed by atoms with E-state index >= 15 is 0 Å². The molecule has 0 amide bonds. The Morgan fingerprint density at radius 3 is 1.19 bits per heavy atom. The Morgan fingerprint density at radius 1 is 0.315 bits per heavy atom. The van der Waals surface area contributed by atoms with Crippen molar-refractivity contribution in [1.82, 2.24) is 44.0 Å². The van der Waals surface area contributed by atoms with Crippen molar-refractivity contribution < 1.29 is 0 Å². The normalized spacial score (nSPS) is 11.3. The van der Waals surface area contributed by atoms with E-state index in [1.165, 1.54) is 0 Å². The predicted octanol–water partition coefficient (Wildman–Crippen LogP) is 9.67. The molecule has 0 atom stereocenters. The molecule has 5 aromatic heterocycles. The van der Waals surface area contributed by atoms with Gasteiger partial charge in [-0.3, -0.25) is 19.1 Å². The van der Waals surface area contributed by atoms with Crippen LogP contribution in [0, 0.1) is 0 Å². The average Bonchev–Trinajstić information content (AvgIpc) is 3.84. The maximum Gasteiger partial charge on any atom is 0.164 e. The smallest absolute Gasteiger partial charge is 0.164 e. The fourth-order valence-electron chi connectivity index (χ4n) is 7.00. The van der Waals surface area contributed by atoms with Crippen molar-refractivity contribution >= 4 is 22.1 Å². The second-order valence-electron chi connectivity index (χ2n) is 12.7. The molecule has 0 bridgehead atoms. The van der Waals surface area contributed by atoms with Crippen LogP contribution >= 0.6 is 0 Å². The van der Waals surface area contributed by atoms with Gasteiger partial charge in [-0.2, -0.15) is 0 Å². The van der Waals surface area contributed by atoms with Gasteiger partial charge in [-0.15, -0.1) is 0 Å². The summed E-state index contributed by atoms with van der Waals surface area (Å²) < 4.78 is 4.32. The molecule has 9 nitrogen and oxygen atoms in total. The van der Waals surface area contributed by atoms with Crippen LogP contribution < -0.4 is 0 Å². The summed E-state index contributed by atoms with van der Waals surface area (Å²) in [5, 5.41) is 0. The van der Waals surface area contributed by atoms with Crippen molar-refractivity contribution in [2.24, 2.45) is 0 Å². The van der Waals surface area contributed by atoms with Crippen LogP contribution in [0.3, 0.4) is 0 Å². The maximum atomic E-state index is 5.27. The molecule has 0 spiro atoms. The number of fused-ring (bicyclic) bond motifs is 2. The molecule has 0 N–H and O–H groups in total. The van der Waals surface area contributed by atoms with E-state index in [9.17, 15) is 0 Å². The van der Waals surface area contributed by atoms with Crippen LogP contribution in [-0.2, 0) is 0 Å². The second kappa shape index (κ2) is 13.2. The highest BCUT2D eigenvalue weighted by Crippen LogP contribution is 2.38. The third-order valence-electron chi connectivity index (χ3n) is 9.45. The molecule has 5 aromatic carbocycles. The van der Waals surface area contributed by atoms with E-state index in [-0.39, 0.29) is 0 Å². The van der Waals surface area contributed by atoms with Gasteiger partial charge in [0.1, 0.15) is 11.6 Å². The van der Waals surface area contributed by atoms with Crippen molar-refractivity contribution in [3.05, 3.63) is 176 Å². The van der Waals surface area contributed by atoms with Gasteiger partial charge in [0.15, 0.2) is 17.5 Å². The molecule has 9 heteroatoms. The van der Waals surface area contributed by atoms with E-state index in [1.54, 1.807) is 24.8 Å². The summed E-state index contributed by atoms with van der Waals surface area (Å²) in [5.74, 6) is 3.16. The Labute approximate surface area is 310 Å². The number of nitrogens with zero attached hydrogens (tertiary/aromatic N) is 9. The van der Waals surface area contributed by atoms with Gasteiger partial charge in [0, 0.05) is 52.6 Å². The number of para-hydroxylation sites is 4. The van der Waals surface area contributed by atoms with Gasteiger partial charge in [0.2, 0.25) is 0 Å². The molecule has 10 aromatic rings. The zero-order valence-electron chi connectivity index (χ0n) is 28.8. The Kier molecular flexibility index (Phi) is 7.58. The Hall–Kier alpha value is -7.65. The van der Waals surface area contributed by atoms with Gasteiger partial charge in [-0.05, 0) is 48.5 Å². The Balaban J connectivity index is 1.22. The highest BCUT2D eigenvalue weighted by Gasteiger charge is 2.23. The summed E-state index contributed by atoms with van der Waals surface area (Å²) in [7, 11) is 0. The minimum atomic E-state index is 0.528. The van der Waals surface area contributed by atoms with Gasteiger partial charge in [-0.25, -0.2) is 24.9 Å². The van der Waals surface area contributed by atoms with Crippen molar-refractivity contribution in [3.63, 3.8) is 0 Å². The van der Waals surface area contributed by atoms with Crippen LogP contribution in [0.2, 0.25) is 0 Å². The summed E-state index contributed by atoms with van der Waals surface area (Å²) >= 11 is 0. The third-order valence-corrected chi connectivity index (χ3v) is 9.45. The number of hydrogen-bond donors (Lipinski definition) is 0. The standard InChI is InChI=1S/C45H29N9/c1-2-12-30(13-3-1)41-50-42(33-14-4-6-16-35(33)44-48-37-18-8-10-20-39(37)53(44)31-22-26-46-27-23-31)52-43(51-41)34-15-5-7-17-36(34)45-49-38-19-9-11-21-40(38)54(45)32-24-28-47-29-25-32/h1-29H. The van der Waals surface area contributed by atoms with Crippen molar-refractivity contribution in [3.8, 4) is 68.3 Å². The number of hydrogen-bond acceptors (Lipinski definition) is 7. The summed E-state index contributed by atoms with van der Waals surface area (Å²) in [6.07, 6.45) is 7.18. The lowest BCUT2D eigenvalue weighted by molar-refractivity contribution is 1.06. The molecular formula is C45H29N9. The van der Waals surface area contributed by atoms with Crippen molar-refractivity contribution in [2.75, 3.05) is 0 Å². The molecule has 0 aliphatic carbocycles. The quantitative estimate of drug-likeness (QED) is 0.164. The van der Waals surface area contributed by atoms with Crippen molar-refractivity contribution in [2.45, 2.75) is 0 Å². The summed E-state index contributed by atoms with van der Waals surface area (Å²) in [6, 6.07) is 50.6. The van der Waals surface area contributed by atoms with Gasteiger partial charge < -0.3 is 0 Å². The highest BCUT2D eigenvalue weighted by atomic mass is 15.1. The molecule has 0 aliphatic heterocycles. The predicted molar refractivity (Wildman–Crippen MR) is 212 cm³/mol. The van der Waals surface area contributed by atoms with E-state index in [0.29, 0.717) is 17.5 Å². The largest absolute Gasteiger partial charge is 0.292 e. The topological polar surface area (TPSA) is 100 Å². The summed E-state index contributed by atoms with van der Waals surface area (Å²) in [5.41, 5.74) is 9.94. The fraction of sp³-hybridized carbons (Fsp3) is 0. The van der Waals surface area contributed by atoms with Gasteiger partial charge in [-0.1, -0.05) is 103 Å². The first-order valence-electron chi connectivity index (χ1n) is 17.6. The van der Waals surface area contributed by atoms with Gasteiger partial charge >= 0.3 is 0 Å². The minimum absolute atomic E-state index is 0.528. The first-order chi connectivity index (χ1) is 26.8. The highest BCUT2D eigenvalue weighted by molar-refractivity contribution is 5.90. The molecule has 254 valence electrons. The van der Waals surface area contributed by atoms with Gasteiger partial charge in [0.05, 0.1) is 33.4 Å². The van der Waals surface area contributed by atoms with E-state index in [0.717, 1.165) is 72.9 Å². The number of imidazole rings is 2. The monoisotopic (exact) mass is 695 g/mol. The number of aromatic nitrogens is 9. The van der Waals surface area contributed by atoms with Crippen molar-refractivity contribution in [1.29, 1.82) is 0 Å². The number of rotatable bonds is 7. The Bertz CT molecular complexity index is 2760. The first kappa shape index (κ1) is 31.1. The summed E-state index contributed by atoms with van der Waals surface area (Å²) in [4.78, 5) is 34.5. The van der Waals surface area contributed by atoms with Crippen LogP contribution in [0.4, 0.5) is 0 Å². The molecular weight excluding hydrogens is 667 g/mol. The van der Waals surface area contributed by atoms with Crippen LogP contribution in [0.1, 0.15) is 0 Å². The first-order valence-corrected chi connectivity index (χ1v) is 17.6. The average molecular weight is 696 g/mol.